The van der Waals surface area contributed by atoms with Crippen LogP contribution in [0.5, 0.6) is 0 Å². The molecule has 0 aliphatic carbocycles. The van der Waals surface area contributed by atoms with Crippen molar-refractivity contribution in [3.8, 4) is 0 Å². The van der Waals surface area contributed by atoms with Gasteiger partial charge in [-0.25, -0.2) is 0 Å². The maximum atomic E-state index is 12.5. The van der Waals surface area contributed by atoms with E-state index in [4.69, 9.17) is 0 Å². The summed E-state index contributed by atoms with van der Waals surface area (Å²) >= 11 is 0. The predicted molar refractivity (Wildman–Crippen MR) is 90.5 cm³/mol. The number of hydrogen-bond donors (Lipinski definition) is 0. The van der Waals surface area contributed by atoms with Gasteiger partial charge in [0.25, 0.3) is 5.91 Å². The van der Waals surface area contributed by atoms with Gasteiger partial charge in [-0.05, 0) is 38.1 Å². The summed E-state index contributed by atoms with van der Waals surface area (Å²) in [5.74, 6) is 0.146. The first kappa shape index (κ1) is 14.6. The Morgan fingerprint density at radius 1 is 0.864 bits per heavy atom. The molecule has 1 saturated heterocycles. The van der Waals surface area contributed by atoms with E-state index in [2.05, 4.69) is 36.1 Å². The molecule has 0 spiro atoms. The number of hydrogen-bond acceptors (Lipinski definition) is 2. The normalized spacial score (nSPS) is 15.0. The summed E-state index contributed by atoms with van der Waals surface area (Å²) in [6.45, 7) is 7.46. The molecule has 22 heavy (non-hydrogen) atoms. The average Bonchev–Trinajstić information content (AvgIpc) is 2.55. The van der Waals surface area contributed by atoms with Crippen LogP contribution in [0.1, 0.15) is 21.5 Å². The zero-order chi connectivity index (χ0) is 15.5. The number of rotatable bonds is 2. The summed E-state index contributed by atoms with van der Waals surface area (Å²) in [7, 11) is 0. The van der Waals surface area contributed by atoms with Crippen molar-refractivity contribution in [2.75, 3.05) is 31.1 Å². The molecule has 1 aliphatic heterocycles. The first-order chi connectivity index (χ1) is 10.6. The van der Waals surface area contributed by atoms with Crippen molar-refractivity contribution < 1.29 is 4.79 Å². The zero-order valence-electron chi connectivity index (χ0n) is 13.2. The maximum absolute atomic E-state index is 12.5. The van der Waals surface area contributed by atoms with Gasteiger partial charge in [0.2, 0.25) is 0 Å². The van der Waals surface area contributed by atoms with Gasteiger partial charge in [0.05, 0.1) is 0 Å². The van der Waals surface area contributed by atoms with Gasteiger partial charge in [0, 0.05) is 37.4 Å². The molecule has 1 aliphatic rings. The summed E-state index contributed by atoms with van der Waals surface area (Å²) < 4.78 is 0. The van der Waals surface area contributed by atoms with Crippen molar-refractivity contribution in [2.45, 2.75) is 13.8 Å². The molecule has 2 aromatic rings. The van der Waals surface area contributed by atoms with Crippen molar-refractivity contribution >= 4 is 11.6 Å². The Morgan fingerprint density at radius 2 is 1.55 bits per heavy atom. The lowest BCUT2D eigenvalue weighted by Crippen LogP contribution is -2.48. The average molecular weight is 294 g/mol. The fourth-order valence-corrected chi connectivity index (χ4v) is 2.88. The summed E-state index contributed by atoms with van der Waals surface area (Å²) in [6.07, 6.45) is 0. The molecule has 0 aromatic heterocycles. The third-order valence-electron chi connectivity index (χ3n) is 4.23. The molecule has 3 heteroatoms. The maximum Gasteiger partial charge on any atom is 0.253 e. The van der Waals surface area contributed by atoms with E-state index in [1.165, 1.54) is 11.3 Å². The van der Waals surface area contributed by atoms with Crippen LogP contribution >= 0.6 is 0 Å². The number of amides is 1. The van der Waals surface area contributed by atoms with Crippen LogP contribution in [-0.4, -0.2) is 37.0 Å². The second-order valence-corrected chi connectivity index (χ2v) is 5.98. The third kappa shape index (κ3) is 3.14. The second-order valence-electron chi connectivity index (χ2n) is 5.98. The van der Waals surface area contributed by atoms with E-state index in [9.17, 15) is 4.79 Å². The van der Waals surface area contributed by atoms with Crippen LogP contribution < -0.4 is 4.90 Å². The number of benzene rings is 2. The number of anilines is 1. The Balaban J connectivity index is 1.64. The Hall–Kier alpha value is -2.29. The minimum Gasteiger partial charge on any atom is -0.368 e. The highest BCUT2D eigenvalue weighted by Crippen LogP contribution is 2.18. The summed E-state index contributed by atoms with van der Waals surface area (Å²) in [4.78, 5) is 16.9. The van der Waals surface area contributed by atoms with E-state index in [1.54, 1.807) is 0 Å². The predicted octanol–water partition coefficient (Wildman–Crippen LogP) is 3.27. The molecule has 2 aromatic carbocycles. The van der Waals surface area contributed by atoms with Gasteiger partial charge in [0.15, 0.2) is 0 Å². The van der Waals surface area contributed by atoms with Crippen LogP contribution in [0.4, 0.5) is 5.69 Å². The molecular formula is C19H22N2O. The van der Waals surface area contributed by atoms with Crippen molar-refractivity contribution in [1.82, 2.24) is 4.90 Å². The molecule has 114 valence electrons. The van der Waals surface area contributed by atoms with Gasteiger partial charge in [0.1, 0.15) is 0 Å². The Bertz CT molecular complexity index is 655. The molecule has 0 N–H and O–H groups in total. The standard InChI is InChI=1S/C19H22N2O/c1-15-6-8-18(9-7-15)20-10-12-21(13-11-20)19(22)17-5-3-4-16(2)14-17/h3-9,14H,10-13H2,1-2H3. The number of aryl methyl sites for hydroxylation is 2. The monoisotopic (exact) mass is 294 g/mol. The fraction of sp³-hybridized carbons (Fsp3) is 0.316. The van der Waals surface area contributed by atoms with Gasteiger partial charge < -0.3 is 9.80 Å². The summed E-state index contributed by atoms with van der Waals surface area (Å²) in [5, 5.41) is 0. The SMILES string of the molecule is Cc1ccc(N2CCN(C(=O)c3cccc(C)c3)CC2)cc1. The van der Waals surface area contributed by atoms with Crippen LogP contribution in [0.25, 0.3) is 0 Å². The van der Waals surface area contributed by atoms with E-state index in [1.807, 2.05) is 36.1 Å². The van der Waals surface area contributed by atoms with Crippen LogP contribution in [0.3, 0.4) is 0 Å². The van der Waals surface area contributed by atoms with E-state index in [-0.39, 0.29) is 5.91 Å². The lowest BCUT2D eigenvalue weighted by Gasteiger charge is -2.36. The highest BCUT2D eigenvalue weighted by atomic mass is 16.2. The van der Waals surface area contributed by atoms with Crippen LogP contribution in [0, 0.1) is 13.8 Å². The molecular weight excluding hydrogens is 272 g/mol. The van der Waals surface area contributed by atoms with Gasteiger partial charge >= 0.3 is 0 Å². The summed E-state index contributed by atoms with van der Waals surface area (Å²) in [6, 6.07) is 16.4. The smallest absolute Gasteiger partial charge is 0.253 e. The quantitative estimate of drug-likeness (QED) is 0.848. The number of carbonyl (C=O) groups excluding carboxylic acids is 1. The van der Waals surface area contributed by atoms with Gasteiger partial charge in [-0.2, -0.15) is 0 Å². The highest BCUT2D eigenvalue weighted by Gasteiger charge is 2.22. The molecule has 3 rings (SSSR count). The van der Waals surface area contributed by atoms with Crippen LogP contribution in [0.2, 0.25) is 0 Å². The lowest BCUT2D eigenvalue weighted by atomic mass is 10.1. The molecule has 1 fully saturated rings. The van der Waals surface area contributed by atoms with Gasteiger partial charge in [-0.1, -0.05) is 35.4 Å². The first-order valence-electron chi connectivity index (χ1n) is 7.81. The van der Waals surface area contributed by atoms with E-state index < -0.39 is 0 Å². The molecule has 0 saturated carbocycles. The van der Waals surface area contributed by atoms with E-state index in [0.29, 0.717) is 0 Å². The van der Waals surface area contributed by atoms with Crippen LogP contribution in [0.15, 0.2) is 48.5 Å². The number of piperazine rings is 1. The Morgan fingerprint density at radius 3 is 2.18 bits per heavy atom. The van der Waals surface area contributed by atoms with E-state index in [0.717, 1.165) is 37.3 Å². The topological polar surface area (TPSA) is 23.6 Å². The minimum absolute atomic E-state index is 0.146. The second kappa shape index (κ2) is 6.22. The number of carbonyl (C=O) groups is 1. The van der Waals surface area contributed by atoms with Crippen LogP contribution in [-0.2, 0) is 0 Å². The molecule has 3 nitrogen and oxygen atoms in total. The molecule has 0 atom stereocenters. The van der Waals surface area contributed by atoms with Crippen molar-refractivity contribution in [3.63, 3.8) is 0 Å². The Labute approximate surface area is 132 Å². The molecule has 0 radical (unpaired) electrons. The molecule has 1 heterocycles. The molecule has 0 bridgehead atoms. The molecule has 0 unspecified atom stereocenters. The third-order valence-corrected chi connectivity index (χ3v) is 4.23. The van der Waals surface area contributed by atoms with Gasteiger partial charge in [-0.3, -0.25) is 4.79 Å². The Kier molecular flexibility index (Phi) is 4.14. The molecule has 1 amide bonds. The largest absolute Gasteiger partial charge is 0.368 e. The summed E-state index contributed by atoms with van der Waals surface area (Å²) in [5.41, 5.74) is 4.44. The highest BCUT2D eigenvalue weighted by molar-refractivity contribution is 5.94. The van der Waals surface area contributed by atoms with E-state index >= 15 is 0 Å². The zero-order valence-corrected chi connectivity index (χ0v) is 13.2. The van der Waals surface area contributed by atoms with Crippen molar-refractivity contribution in [1.29, 1.82) is 0 Å². The van der Waals surface area contributed by atoms with Crippen molar-refractivity contribution in [3.05, 3.63) is 65.2 Å². The number of nitrogens with zero attached hydrogens (tertiary/aromatic N) is 2. The first-order valence-corrected chi connectivity index (χ1v) is 7.81. The lowest BCUT2D eigenvalue weighted by molar-refractivity contribution is 0.0746. The fourth-order valence-electron chi connectivity index (χ4n) is 2.88. The van der Waals surface area contributed by atoms with Crippen molar-refractivity contribution in [2.24, 2.45) is 0 Å². The van der Waals surface area contributed by atoms with Gasteiger partial charge in [-0.15, -0.1) is 0 Å². The minimum atomic E-state index is 0.146.